The monoisotopic (exact) mass is 334 g/mol. The zero-order valence-corrected chi connectivity index (χ0v) is 13.9. The molecule has 1 fully saturated rings. The topological polar surface area (TPSA) is 16.1 Å². The molecule has 2 heterocycles. The Labute approximate surface area is 140 Å². The van der Waals surface area contributed by atoms with Crippen LogP contribution in [0.15, 0.2) is 42.5 Å². The molecule has 2 nitrogen and oxygen atoms in total. The number of hydrogen-bond donors (Lipinski definition) is 0. The SMILES string of the molecule is Cc1cc(C2(C)CCN(Cc3ccccc3)C2)cc(C(F)(F)F)n1. The van der Waals surface area contributed by atoms with E-state index in [4.69, 9.17) is 0 Å². The van der Waals surface area contributed by atoms with Crippen LogP contribution in [0.1, 0.15) is 35.9 Å². The molecule has 1 atom stereocenters. The molecule has 1 aliphatic rings. The van der Waals surface area contributed by atoms with Crippen molar-refractivity contribution in [3.63, 3.8) is 0 Å². The second kappa shape index (κ2) is 6.20. The average Bonchev–Trinajstić information content (AvgIpc) is 2.89. The molecule has 3 rings (SSSR count). The van der Waals surface area contributed by atoms with Gasteiger partial charge in [0.1, 0.15) is 5.69 Å². The smallest absolute Gasteiger partial charge is 0.298 e. The molecule has 1 unspecified atom stereocenters. The van der Waals surface area contributed by atoms with Crippen molar-refractivity contribution in [2.24, 2.45) is 0 Å². The minimum absolute atomic E-state index is 0.275. The molecule has 0 bridgehead atoms. The molecule has 0 radical (unpaired) electrons. The molecule has 0 aliphatic carbocycles. The van der Waals surface area contributed by atoms with Crippen LogP contribution in [0.2, 0.25) is 0 Å². The van der Waals surface area contributed by atoms with Gasteiger partial charge in [-0.15, -0.1) is 0 Å². The molecule has 5 heteroatoms. The van der Waals surface area contributed by atoms with Gasteiger partial charge in [-0.2, -0.15) is 13.2 Å². The lowest BCUT2D eigenvalue weighted by molar-refractivity contribution is -0.141. The lowest BCUT2D eigenvalue weighted by Gasteiger charge is -2.26. The van der Waals surface area contributed by atoms with Crippen molar-refractivity contribution in [3.05, 3.63) is 65.0 Å². The number of aromatic nitrogens is 1. The maximum Gasteiger partial charge on any atom is 0.433 e. The summed E-state index contributed by atoms with van der Waals surface area (Å²) in [4.78, 5) is 5.96. The molecule has 0 spiro atoms. The van der Waals surface area contributed by atoms with E-state index in [1.165, 1.54) is 11.6 Å². The fourth-order valence-corrected chi connectivity index (χ4v) is 3.43. The number of halogens is 3. The Hall–Kier alpha value is -1.88. The van der Waals surface area contributed by atoms with Crippen LogP contribution in [0.4, 0.5) is 13.2 Å². The maximum atomic E-state index is 13.1. The van der Waals surface area contributed by atoms with Crippen molar-refractivity contribution < 1.29 is 13.2 Å². The number of nitrogens with zero attached hydrogens (tertiary/aromatic N) is 2. The molecule has 0 N–H and O–H groups in total. The molecule has 1 aromatic heterocycles. The summed E-state index contributed by atoms with van der Waals surface area (Å²) >= 11 is 0. The van der Waals surface area contributed by atoms with Crippen molar-refractivity contribution in [1.29, 1.82) is 0 Å². The van der Waals surface area contributed by atoms with Crippen molar-refractivity contribution in [1.82, 2.24) is 9.88 Å². The third-order valence-corrected chi connectivity index (χ3v) is 4.74. The summed E-state index contributed by atoms with van der Waals surface area (Å²) in [6, 6.07) is 13.2. The molecule has 128 valence electrons. The molecular formula is C19H21F3N2. The number of rotatable bonds is 3. The minimum Gasteiger partial charge on any atom is -0.298 e. The minimum atomic E-state index is -4.40. The van der Waals surface area contributed by atoms with Gasteiger partial charge in [-0.25, -0.2) is 4.98 Å². The summed E-state index contributed by atoms with van der Waals surface area (Å²) in [7, 11) is 0. The van der Waals surface area contributed by atoms with E-state index in [1.54, 1.807) is 13.0 Å². The molecule has 1 aliphatic heterocycles. The lowest BCUT2D eigenvalue weighted by atomic mass is 9.81. The van der Waals surface area contributed by atoms with E-state index in [0.717, 1.165) is 31.6 Å². The summed E-state index contributed by atoms with van der Waals surface area (Å²) in [5.74, 6) is 0. The first-order chi connectivity index (χ1) is 11.3. The highest BCUT2D eigenvalue weighted by atomic mass is 19.4. The van der Waals surface area contributed by atoms with E-state index in [9.17, 15) is 13.2 Å². The van der Waals surface area contributed by atoms with Crippen LogP contribution in [-0.4, -0.2) is 23.0 Å². The van der Waals surface area contributed by atoms with Gasteiger partial charge in [0.2, 0.25) is 0 Å². The van der Waals surface area contributed by atoms with Gasteiger partial charge in [0, 0.05) is 24.2 Å². The van der Waals surface area contributed by atoms with Crippen LogP contribution >= 0.6 is 0 Å². The Kier molecular flexibility index (Phi) is 4.38. The predicted molar refractivity (Wildman–Crippen MR) is 87.7 cm³/mol. The van der Waals surface area contributed by atoms with Gasteiger partial charge in [-0.1, -0.05) is 37.3 Å². The third kappa shape index (κ3) is 3.61. The van der Waals surface area contributed by atoms with Gasteiger partial charge >= 0.3 is 6.18 Å². The summed E-state index contributed by atoms with van der Waals surface area (Å²) in [5, 5.41) is 0. The Morgan fingerprint density at radius 3 is 2.54 bits per heavy atom. The second-order valence-corrected chi connectivity index (χ2v) is 6.89. The van der Waals surface area contributed by atoms with Gasteiger partial charge in [-0.3, -0.25) is 4.90 Å². The fraction of sp³-hybridized carbons (Fsp3) is 0.421. The van der Waals surface area contributed by atoms with Crippen molar-refractivity contribution >= 4 is 0 Å². The van der Waals surface area contributed by atoms with E-state index in [-0.39, 0.29) is 5.41 Å². The summed E-state index contributed by atoms with van der Waals surface area (Å²) in [5.41, 5.74) is 1.31. The molecule has 0 amide bonds. The quantitative estimate of drug-likeness (QED) is 0.817. The first-order valence-corrected chi connectivity index (χ1v) is 8.09. The Morgan fingerprint density at radius 1 is 1.17 bits per heavy atom. The van der Waals surface area contributed by atoms with E-state index < -0.39 is 11.9 Å². The van der Waals surface area contributed by atoms with E-state index >= 15 is 0 Å². The van der Waals surface area contributed by atoms with Gasteiger partial charge in [0.05, 0.1) is 0 Å². The zero-order valence-electron chi connectivity index (χ0n) is 13.9. The number of alkyl halides is 3. The van der Waals surface area contributed by atoms with Gasteiger partial charge < -0.3 is 0 Å². The van der Waals surface area contributed by atoms with Gasteiger partial charge in [0.15, 0.2) is 0 Å². The van der Waals surface area contributed by atoms with Crippen LogP contribution in [0.25, 0.3) is 0 Å². The van der Waals surface area contributed by atoms with Crippen LogP contribution in [0.5, 0.6) is 0 Å². The van der Waals surface area contributed by atoms with Gasteiger partial charge in [-0.05, 0) is 43.1 Å². The van der Waals surface area contributed by atoms with Crippen LogP contribution < -0.4 is 0 Å². The molecule has 24 heavy (non-hydrogen) atoms. The highest BCUT2D eigenvalue weighted by Crippen LogP contribution is 2.37. The number of aryl methyl sites for hydroxylation is 1. The maximum absolute atomic E-state index is 13.1. The largest absolute Gasteiger partial charge is 0.433 e. The fourth-order valence-electron chi connectivity index (χ4n) is 3.43. The highest BCUT2D eigenvalue weighted by molar-refractivity contribution is 5.31. The van der Waals surface area contributed by atoms with Crippen molar-refractivity contribution in [3.8, 4) is 0 Å². The van der Waals surface area contributed by atoms with Crippen LogP contribution in [-0.2, 0) is 18.1 Å². The summed E-state index contributed by atoms with van der Waals surface area (Å²) in [6.45, 7) is 6.13. The third-order valence-electron chi connectivity index (χ3n) is 4.74. The second-order valence-electron chi connectivity index (χ2n) is 6.89. The number of likely N-dealkylation sites (tertiary alicyclic amines) is 1. The normalized spacial score (nSPS) is 22.0. The average molecular weight is 334 g/mol. The van der Waals surface area contributed by atoms with Crippen LogP contribution in [0, 0.1) is 6.92 Å². The summed E-state index contributed by atoms with van der Waals surface area (Å²) < 4.78 is 39.2. The molecule has 1 aromatic carbocycles. The van der Waals surface area contributed by atoms with E-state index in [0.29, 0.717) is 5.69 Å². The number of benzene rings is 1. The van der Waals surface area contributed by atoms with E-state index in [2.05, 4.69) is 22.0 Å². The van der Waals surface area contributed by atoms with Gasteiger partial charge in [0.25, 0.3) is 0 Å². The van der Waals surface area contributed by atoms with E-state index in [1.807, 2.05) is 25.1 Å². The zero-order chi connectivity index (χ0) is 17.4. The van der Waals surface area contributed by atoms with Crippen LogP contribution in [0.3, 0.4) is 0 Å². The summed E-state index contributed by atoms with van der Waals surface area (Å²) in [6.07, 6.45) is -3.56. The Morgan fingerprint density at radius 2 is 1.88 bits per heavy atom. The lowest BCUT2D eigenvalue weighted by Crippen LogP contribution is -2.28. The first-order valence-electron chi connectivity index (χ1n) is 8.09. The molecule has 0 saturated carbocycles. The standard InChI is InChI=1S/C19H21F3N2/c1-14-10-16(11-17(23-14)19(20,21)22)18(2)8-9-24(13-18)12-15-6-4-3-5-7-15/h3-7,10-11H,8-9,12-13H2,1-2H3. The molecule has 1 saturated heterocycles. The molecule has 2 aromatic rings. The Balaban J connectivity index is 1.81. The molecular weight excluding hydrogens is 313 g/mol. The van der Waals surface area contributed by atoms with Crippen molar-refractivity contribution in [2.75, 3.05) is 13.1 Å². The highest BCUT2D eigenvalue weighted by Gasteiger charge is 2.38. The Bertz CT molecular complexity index is 712. The number of hydrogen-bond acceptors (Lipinski definition) is 2. The number of pyridine rings is 1. The first kappa shape index (κ1) is 17.0. The predicted octanol–water partition coefficient (Wildman–Crippen LogP) is 4.57. The van der Waals surface area contributed by atoms with Crippen molar-refractivity contribution in [2.45, 2.75) is 38.4 Å².